The standard InChI is InChI=1S/C20H23NO3/c1-15-5-8-18(24-15)11-12-19(22)21-20(13-3-4-14-20)16-6-9-17(23-2)10-7-16/h5-12H,3-4,13-14H2,1-2H3,(H,21,22). The summed E-state index contributed by atoms with van der Waals surface area (Å²) in [5.74, 6) is 2.25. The molecule has 0 bridgehead atoms. The van der Waals surface area contributed by atoms with Crippen LogP contribution in [-0.2, 0) is 10.3 Å². The number of ether oxygens (including phenoxy) is 1. The maximum absolute atomic E-state index is 12.4. The Labute approximate surface area is 142 Å². The van der Waals surface area contributed by atoms with Gasteiger partial charge in [0.1, 0.15) is 17.3 Å². The molecular weight excluding hydrogens is 302 g/mol. The first-order valence-electron chi connectivity index (χ1n) is 8.32. The number of carbonyl (C=O) groups excluding carboxylic acids is 1. The molecule has 24 heavy (non-hydrogen) atoms. The number of nitrogens with one attached hydrogen (secondary N) is 1. The summed E-state index contributed by atoms with van der Waals surface area (Å²) in [5.41, 5.74) is 0.851. The highest BCUT2D eigenvalue weighted by molar-refractivity contribution is 5.92. The van der Waals surface area contributed by atoms with Crippen LogP contribution in [0.1, 0.15) is 42.8 Å². The van der Waals surface area contributed by atoms with Gasteiger partial charge in [-0.25, -0.2) is 0 Å². The molecule has 3 rings (SSSR count). The Morgan fingerprint density at radius 2 is 1.88 bits per heavy atom. The molecule has 0 radical (unpaired) electrons. The molecule has 2 aromatic rings. The monoisotopic (exact) mass is 325 g/mol. The zero-order chi connectivity index (χ0) is 17.0. The second-order valence-corrected chi connectivity index (χ2v) is 6.29. The summed E-state index contributed by atoms with van der Waals surface area (Å²) in [7, 11) is 1.66. The van der Waals surface area contributed by atoms with Gasteiger partial charge in [-0.2, -0.15) is 0 Å². The van der Waals surface area contributed by atoms with Crippen molar-refractivity contribution in [3.8, 4) is 5.75 Å². The van der Waals surface area contributed by atoms with E-state index >= 15 is 0 Å². The van der Waals surface area contributed by atoms with Crippen LogP contribution in [0.3, 0.4) is 0 Å². The Balaban J connectivity index is 1.75. The number of aryl methyl sites for hydroxylation is 1. The van der Waals surface area contributed by atoms with Crippen molar-refractivity contribution in [3.63, 3.8) is 0 Å². The lowest BCUT2D eigenvalue weighted by molar-refractivity contribution is -0.118. The summed E-state index contributed by atoms with van der Waals surface area (Å²) in [4.78, 5) is 12.4. The van der Waals surface area contributed by atoms with Gasteiger partial charge < -0.3 is 14.5 Å². The number of hydrogen-bond acceptors (Lipinski definition) is 3. The number of furan rings is 1. The number of methoxy groups -OCH3 is 1. The molecule has 0 atom stereocenters. The van der Waals surface area contributed by atoms with Crippen molar-refractivity contribution < 1.29 is 13.9 Å². The minimum Gasteiger partial charge on any atom is -0.497 e. The van der Waals surface area contributed by atoms with Crippen molar-refractivity contribution in [2.45, 2.75) is 38.1 Å². The highest BCUT2D eigenvalue weighted by Crippen LogP contribution is 2.39. The minimum absolute atomic E-state index is 0.0956. The summed E-state index contributed by atoms with van der Waals surface area (Å²) in [5, 5.41) is 3.21. The van der Waals surface area contributed by atoms with E-state index in [-0.39, 0.29) is 11.4 Å². The van der Waals surface area contributed by atoms with Crippen LogP contribution in [0.5, 0.6) is 5.75 Å². The number of benzene rings is 1. The molecule has 1 N–H and O–H groups in total. The van der Waals surface area contributed by atoms with Crippen LogP contribution in [0.2, 0.25) is 0 Å². The molecular formula is C20H23NO3. The molecule has 0 spiro atoms. The van der Waals surface area contributed by atoms with E-state index in [1.807, 2.05) is 43.3 Å². The van der Waals surface area contributed by atoms with Gasteiger partial charge in [-0.1, -0.05) is 25.0 Å². The van der Waals surface area contributed by atoms with Crippen LogP contribution in [0.4, 0.5) is 0 Å². The van der Waals surface area contributed by atoms with Gasteiger partial charge in [0.05, 0.1) is 12.6 Å². The van der Waals surface area contributed by atoms with E-state index in [9.17, 15) is 4.79 Å². The Morgan fingerprint density at radius 1 is 1.17 bits per heavy atom. The Morgan fingerprint density at radius 3 is 2.46 bits per heavy atom. The Kier molecular flexibility index (Phi) is 4.74. The largest absolute Gasteiger partial charge is 0.497 e. The van der Waals surface area contributed by atoms with E-state index < -0.39 is 0 Å². The molecule has 126 valence electrons. The van der Waals surface area contributed by atoms with E-state index in [1.165, 1.54) is 0 Å². The summed E-state index contributed by atoms with van der Waals surface area (Å²) in [6.07, 6.45) is 7.40. The van der Waals surface area contributed by atoms with Gasteiger partial charge >= 0.3 is 0 Å². The van der Waals surface area contributed by atoms with E-state index in [0.717, 1.165) is 42.8 Å². The highest BCUT2D eigenvalue weighted by atomic mass is 16.5. The van der Waals surface area contributed by atoms with Gasteiger partial charge in [0.15, 0.2) is 0 Å². The first-order chi connectivity index (χ1) is 11.6. The van der Waals surface area contributed by atoms with Crippen molar-refractivity contribution in [3.05, 3.63) is 59.6 Å². The topological polar surface area (TPSA) is 51.5 Å². The van der Waals surface area contributed by atoms with Gasteiger partial charge in [0.2, 0.25) is 5.91 Å². The normalized spacial score (nSPS) is 16.4. The number of hydrogen-bond donors (Lipinski definition) is 1. The second kappa shape index (κ2) is 6.95. The number of carbonyl (C=O) groups is 1. The molecule has 1 aromatic heterocycles. The average Bonchev–Trinajstić information content (AvgIpc) is 3.23. The lowest BCUT2D eigenvalue weighted by Crippen LogP contribution is -2.43. The fourth-order valence-corrected chi connectivity index (χ4v) is 3.35. The van der Waals surface area contributed by atoms with Crippen molar-refractivity contribution in [1.29, 1.82) is 0 Å². The lowest BCUT2D eigenvalue weighted by Gasteiger charge is -2.30. The zero-order valence-corrected chi connectivity index (χ0v) is 14.2. The zero-order valence-electron chi connectivity index (χ0n) is 14.2. The quantitative estimate of drug-likeness (QED) is 0.838. The summed E-state index contributed by atoms with van der Waals surface area (Å²) < 4.78 is 10.7. The van der Waals surface area contributed by atoms with Crippen molar-refractivity contribution >= 4 is 12.0 Å². The van der Waals surface area contributed by atoms with Crippen LogP contribution >= 0.6 is 0 Å². The Bertz CT molecular complexity index is 722. The van der Waals surface area contributed by atoms with Crippen molar-refractivity contribution in [1.82, 2.24) is 5.32 Å². The van der Waals surface area contributed by atoms with Gasteiger partial charge in [0.25, 0.3) is 0 Å². The maximum Gasteiger partial charge on any atom is 0.244 e. The molecule has 0 aliphatic heterocycles. The number of amides is 1. The first kappa shape index (κ1) is 16.4. The fraction of sp³-hybridized carbons (Fsp3) is 0.350. The molecule has 1 fully saturated rings. The second-order valence-electron chi connectivity index (χ2n) is 6.29. The highest BCUT2D eigenvalue weighted by Gasteiger charge is 2.36. The van der Waals surface area contributed by atoms with Crippen LogP contribution < -0.4 is 10.1 Å². The third-order valence-electron chi connectivity index (χ3n) is 4.62. The minimum atomic E-state index is -0.285. The van der Waals surface area contributed by atoms with E-state index in [2.05, 4.69) is 5.32 Å². The van der Waals surface area contributed by atoms with E-state index in [4.69, 9.17) is 9.15 Å². The smallest absolute Gasteiger partial charge is 0.244 e. The molecule has 0 unspecified atom stereocenters. The summed E-state index contributed by atoms with van der Waals surface area (Å²) >= 11 is 0. The predicted octanol–water partition coefficient (Wildman–Crippen LogP) is 4.20. The molecule has 4 nitrogen and oxygen atoms in total. The van der Waals surface area contributed by atoms with Gasteiger partial charge in [-0.3, -0.25) is 4.79 Å². The van der Waals surface area contributed by atoms with Crippen molar-refractivity contribution in [2.75, 3.05) is 7.11 Å². The fourth-order valence-electron chi connectivity index (χ4n) is 3.35. The molecule has 1 aliphatic rings. The number of rotatable bonds is 5. The molecule has 0 saturated heterocycles. The van der Waals surface area contributed by atoms with Gasteiger partial charge in [-0.15, -0.1) is 0 Å². The van der Waals surface area contributed by atoms with Gasteiger partial charge in [0, 0.05) is 6.08 Å². The van der Waals surface area contributed by atoms with Crippen molar-refractivity contribution in [2.24, 2.45) is 0 Å². The predicted molar refractivity (Wildman–Crippen MR) is 93.8 cm³/mol. The van der Waals surface area contributed by atoms with Crippen LogP contribution in [0.15, 0.2) is 46.9 Å². The van der Waals surface area contributed by atoms with E-state index in [1.54, 1.807) is 19.3 Å². The molecule has 1 aromatic carbocycles. The van der Waals surface area contributed by atoms with Crippen LogP contribution in [-0.4, -0.2) is 13.0 Å². The SMILES string of the molecule is COc1ccc(C2(NC(=O)C=Cc3ccc(C)o3)CCCC2)cc1. The van der Waals surface area contributed by atoms with Gasteiger partial charge in [-0.05, 0) is 55.7 Å². The molecule has 4 heteroatoms. The van der Waals surface area contributed by atoms with Crippen LogP contribution in [0, 0.1) is 6.92 Å². The summed E-state index contributed by atoms with van der Waals surface area (Å²) in [6, 6.07) is 11.7. The maximum atomic E-state index is 12.4. The van der Waals surface area contributed by atoms with Crippen LogP contribution in [0.25, 0.3) is 6.08 Å². The molecule has 1 heterocycles. The molecule has 1 aliphatic carbocycles. The summed E-state index contributed by atoms with van der Waals surface area (Å²) in [6.45, 7) is 1.88. The lowest BCUT2D eigenvalue weighted by atomic mass is 9.88. The average molecular weight is 325 g/mol. The van der Waals surface area contributed by atoms with E-state index in [0.29, 0.717) is 5.76 Å². The molecule has 1 saturated carbocycles. The first-order valence-corrected chi connectivity index (χ1v) is 8.32. The Hall–Kier alpha value is -2.49. The third kappa shape index (κ3) is 3.53. The third-order valence-corrected chi connectivity index (χ3v) is 4.62. The molecule has 1 amide bonds.